The van der Waals surface area contributed by atoms with E-state index in [4.69, 9.17) is 5.73 Å². The highest BCUT2D eigenvalue weighted by Crippen LogP contribution is 2.52. The molecule has 1 aliphatic carbocycles. The summed E-state index contributed by atoms with van der Waals surface area (Å²) in [6.07, 6.45) is 5.17. The number of amides is 1. The highest BCUT2D eigenvalue weighted by atomic mass is 32.2. The van der Waals surface area contributed by atoms with Crippen LogP contribution in [0.4, 0.5) is 0 Å². The Morgan fingerprint density at radius 1 is 1.23 bits per heavy atom. The van der Waals surface area contributed by atoms with Crippen molar-refractivity contribution in [2.75, 3.05) is 0 Å². The van der Waals surface area contributed by atoms with Gasteiger partial charge in [-0.15, -0.1) is 10.2 Å². The van der Waals surface area contributed by atoms with Gasteiger partial charge in [0.15, 0.2) is 16.3 Å². The molecule has 4 N–H and O–H groups in total. The summed E-state index contributed by atoms with van der Waals surface area (Å²) >= 11 is 0. The van der Waals surface area contributed by atoms with Crippen molar-refractivity contribution in [1.29, 1.82) is 0 Å². The first-order valence-electron chi connectivity index (χ1n) is 9.64. The van der Waals surface area contributed by atoms with E-state index in [0.717, 1.165) is 23.2 Å². The molecule has 11 nitrogen and oxygen atoms in total. The summed E-state index contributed by atoms with van der Waals surface area (Å²) in [4.78, 5) is 22.5. The Hall–Kier alpha value is -3.38. The summed E-state index contributed by atoms with van der Waals surface area (Å²) in [6, 6.07) is 4.20. The standard InChI is InChI=1S/C19H20N8O3S/c1-19(2)11(18-25-24-14-9-23-17-12(27(14)18)5-6-21-17)7-13(19)26-31(29,30)15-4-3-10(8-22-15)16(20)28/h3-6,8-9,11,13,21,26H,7H2,1-2H3,(H2,20,28)/t11-,13-/m1/s1. The molecule has 1 aliphatic rings. The molecular weight excluding hydrogens is 420 g/mol. The molecule has 1 saturated carbocycles. The summed E-state index contributed by atoms with van der Waals surface area (Å²) in [6.45, 7) is 3.99. The maximum Gasteiger partial charge on any atom is 0.258 e. The van der Waals surface area contributed by atoms with Crippen LogP contribution >= 0.6 is 0 Å². The van der Waals surface area contributed by atoms with E-state index in [1.165, 1.54) is 12.1 Å². The first-order valence-corrected chi connectivity index (χ1v) is 11.1. The van der Waals surface area contributed by atoms with Crippen molar-refractivity contribution in [2.45, 2.75) is 37.3 Å². The van der Waals surface area contributed by atoms with Gasteiger partial charge in [0.05, 0.1) is 17.3 Å². The van der Waals surface area contributed by atoms with Crippen molar-refractivity contribution in [3.8, 4) is 0 Å². The van der Waals surface area contributed by atoms with Crippen LogP contribution in [0, 0.1) is 5.41 Å². The molecule has 31 heavy (non-hydrogen) atoms. The highest BCUT2D eigenvalue weighted by molar-refractivity contribution is 7.89. The number of rotatable bonds is 5. The number of aromatic amines is 1. The molecule has 4 aromatic heterocycles. The fourth-order valence-electron chi connectivity index (χ4n) is 4.12. The summed E-state index contributed by atoms with van der Waals surface area (Å²) in [5.74, 6) is 0.0897. The lowest BCUT2D eigenvalue weighted by Crippen LogP contribution is -2.57. The van der Waals surface area contributed by atoms with Gasteiger partial charge in [-0.25, -0.2) is 23.1 Å². The minimum atomic E-state index is -3.87. The van der Waals surface area contributed by atoms with E-state index in [0.29, 0.717) is 12.1 Å². The fraction of sp³-hybridized carbons (Fsp3) is 0.316. The molecule has 1 fully saturated rings. The van der Waals surface area contributed by atoms with Gasteiger partial charge in [-0.1, -0.05) is 13.8 Å². The topological polar surface area (TPSA) is 161 Å². The molecule has 12 heteroatoms. The largest absolute Gasteiger partial charge is 0.366 e. The second-order valence-corrected chi connectivity index (χ2v) is 9.92. The second kappa shape index (κ2) is 6.56. The maximum absolute atomic E-state index is 12.8. The van der Waals surface area contributed by atoms with Crippen molar-refractivity contribution in [1.82, 2.24) is 34.3 Å². The first-order chi connectivity index (χ1) is 14.7. The van der Waals surface area contributed by atoms with E-state index < -0.39 is 21.3 Å². The van der Waals surface area contributed by atoms with Crippen LogP contribution in [0.5, 0.6) is 0 Å². The molecule has 0 bridgehead atoms. The van der Waals surface area contributed by atoms with Crippen molar-refractivity contribution in [3.05, 3.63) is 48.2 Å². The fourth-order valence-corrected chi connectivity index (χ4v) is 5.45. The summed E-state index contributed by atoms with van der Waals surface area (Å²) in [5.41, 5.74) is 7.15. The lowest BCUT2D eigenvalue weighted by molar-refractivity contribution is 0.0796. The van der Waals surface area contributed by atoms with E-state index in [9.17, 15) is 13.2 Å². The minimum Gasteiger partial charge on any atom is -0.366 e. The van der Waals surface area contributed by atoms with Crippen LogP contribution in [0.1, 0.15) is 42.4 Å². The number of nitrogens with zero attached hydrogens (tertiary/aromatic N) is 5. The summed E-state index contributed by atoms with van der Waals surface area (Å²) in [7, 11) is -3.87. The quantitative estimate of drug-likeness (QED) is 0.416. The zero-order chi connectivity index (χ0) is 22.0. The van der Waals surface area contributed by atoms with E-state index in [1.54, 1.807) is 12.4 Å². The van der Waals surface area contributed by atoms with Crippen molar-refractivity contribution in [3.63, 3.8) is 0 Å². The summed E-state index contributed by atoms with van der Waals surface area (Å²) < 4.78 is 30.3. The molecule has 5 rings (SSSR count). The molecule has 160 valence electrons. The third-order valence-electron chi connectivity index (χ3n) is 6.14. The number of carbonyl (C=O) groups excluding carboxylic acids is 1. The van der Waals surface area contributed by atoms with Crippen LogP contribution in [-0.2, 0) is 10.0 Å². The van der Waals surface area contributed by atoms with Crippen LogP contribution in [0.3, 0.4) is 0 Å². The molecule has 4 heterocycles. The smallest absolute Gasteiger partial charge is 0.258 e. The van der Waals surface area contributed by atoms with E-state index in [2.05, 4.69) is 29.9 Å². The monoisotopic (exact) mass is 440 g/mol. The number of H-pyrrole nitrogens is 1. The Kier molecular flexibility index (Phi) is 4.14. The number of sulfonamides is 1. The SMILES string of the molecule is CC1(C)[C@@H](c2nnc3cnc4[nH]ccc4n23)C[C@H]1NS(=O)(=O)c1ccc(C(N)=O)cn1. The zero-order valence-electron chi connectivity index (χ0n) is 16.8. The third kappa shape index (κ3) is 2.98. The average molecular weight is 440 g/mol. The predicted octanol–water partition coefficient (Wildman–Crippen LogP) is 0.960. The van der Waals surface area contributed by atoms with Gasteiger partial charge in [0.1, 0.15) is 5.82 Å². The Balaban J connectivity index is 1.42. The third-order valence-corrected chi connectivity index (χ3v) is 7.53. The van der Waals surface area contributed by atoms with Crippen molar-refractivity contribution in [2.24, 2.45) is 11.1 Å². The summed E-state index contributed by atoms with van der Waals surface area (Å²) in [5, 5.41) is 8.46. The number of hydrogen-bond acceptors (Lipinski definition) is 7. The zero-order valence-corrected chi connectivity index (χ0v) is 17.6. The lowest BCUT2D eigenvalue weighted by atomic mass is 9.58. The Labute approximate surface area is 177 Å². The number of hydrogen-bond donors (Lipinski definition) is 3. The van der Waals surface area contributed by atoms with Crippen LogP contribution in [-0.4, -0.2) is 49.9 Å². The highest BCUT2D eigenvalue weighted by Gasteiger charge is 2.52. The van der Waals surface area contributed by atoms with Gasteiger partial charge < -0.3 is 10.7 Å². The van der Waals surface area contributed by atoms with E-state index in [-0.39, 0.29) is 22.5 Å². The number of nitrogens with one attached hydrogen (secondary N) is 2. The van der Waals surface area contributed by atoms with E-state index in [1.807, 2.05) is 24.3 Å². The number of aromatic nitrogens is 6. The number of fused-ring (bicyclic) bond motifs is 3. The predicted molar refractivity (Wildman–Crippen MR) is 111 cm³/mol. The molecule has 4 aromatic rings. The number of pyridine rings is 1. The van der Waals surface area contributed by atoms with Gasteiger partial charge in [-0.2, -0.15) is 0 Å². The molecule has 1 amide bonds. The number of carbonyl (C=O) groups is 1. The second-order valence-electron chi connectivity index (χ2n) is 8.25. The van der Waals surface area contributed by atoms with E-state index >= 15 is 0 Å². The Bertz CT molecular complexity index is 1420. The molecule has 0 saturated heterocycles. The van der Waals surface area contributed by atoms with Gasteiger partial charge in [0.25, 0.3) is 10.0 Å². The minimum absolute atomic E-state index is 0.0131. The maximum atomic E-state index is 12.8. The van der Waals surface area contributed by atoms with Crippen LogP contribution in [0.25, 0.3) is 16.8 Å². The Morgan fingerprint density at radius 2 is 2.03 bits per heavy atom. The first kappa shape index (κ1) is 19.6. The molecule has 0 aliphatic heterocycles. The lowest BCUT2D eigenvalue weighted by Gasteiger charge is -2.51. The van der Waals surface area contributed by atoms with Gasteiger partial charge in [0.2, 0.25) is 5.91 Å². The van der Waals surface area contributed by atoms with Crippen LogP contribution in [0.2, 0.25) is 0 Å². The molecule has 0 aromatic carbocycles. The molecule has 0 spiro atoms. The molecular formula is C19H20N8O3S. The van der Waals surface area contributed by atoms with Crippen LogP contribution in [0.15, 0.2) is 41.8 Å². The van der Waals surface area contributed by atoms with Crippen molar-refractivity contribution >= 4 is 32.7 Å². The van der Waals surface area contributed by atoms with Gasteiger partial charge in [0, 0.05) is 24.4 Å². The molecule has 2 atom stereocenters. The molecule has 0 unspecified atom stereocenters. The van der Waals surface area contributed by atoms with Gasteiger partial charge >= 0.3 is 0 Å². The number of primary amides is 1. The van der Waals surface area contributed by atoms with Crippen molar-refractivity contribution < 1.29 is 13.2 Å². The average Bonchev–Trinajstić information content (AvgIpc) is 3.37. The normalized spacial score (nSPS) is 20.7. The van der Waals surface area contributed by atoms with Crippen LogP contribution < -0.4 is 10.5 Å². The Morgan fingerprint density at radius 3 is 2.71 bits per heavy atom. The van der Waals surface area contributed by atoms with Gasteiger partial charge in [-0.05, 0) is 30.0 Å². The van der Waals surface area contributed by atoms with Gasteiger partial charge in [-0.3, -0.25) is 9.20 Å². The number of nitrogens with two attached hydrogens (primary N) is 1. The molecule has 0 radical (unpaired) electrons.